The van der Waals surface area contributed by atoms with E-state index in [-0.39, 0.29) is 18.4 Å². The van der Waals surface area contributed by atoms with Crippen molar-refractivity contribution in [3.8, 4) is 11.1 Å². The molecule has 0 aliphatic carbocycles. The number of nitrogens with zero attached hydrogens (tertiary/aromatic N) is 6. The Kier molecular flexibility index (Phi) is 5.67. The Morgan fingerprint density at radius 3 is 2.87 bits per heavy atom. The van der Waals surface area contributed by atoms with Gasteiger partial charge in [-0.15, -0.1) is 0 Å². The van der Waals surface area contributed by atoms with Crippen LogP contribution in [0.25, 0.3) is 11.1 Å². The predicted molar refractivity (Wildman–Crippen MR) is 113 cm³/mol. The van der Waals surface area contributed by atoms with Gasteiger partial charge in [-0.1, -0.05) is 34.0 Å². The highest BCUT2D eigenvalue weighted by atomic mass is 35.5. The van der Waals surface area contributed by atoms with Crippen LogP contribution < -0.4 is 4.90 Å². The molecule has 4 rings (SSSR count). The zero-order valence-corrected chi connectivity index (χ0v) is 17.9. The lowest BCUT2D eigenvalue weighted by Crippen LogP contribution is -2.33. The number of benzene rings is 1. The second-order valence-electron chi connectivity index (χ2n) is 7.59. The van der Waals surface area contributed by atoms with Crippen molar-refractivity contribution in [3.05, 3.63) is 52.6 Å². The van der Waals surface area contributed by atoms with E-state index in [0.717, 1.165) is 29.7 Å². The molecule has 1 aliphatic heterocycles. The van der Waals surface area contributed by atoms with Crippen molar-refractivity contribution in [3.63, 3.8) is 0 Å². The summed E-state index contributed by atoms with van der Waals surface area (Å²) in [6, 6.07) is 7.46. The molecule has 3 aromatic rings. The molecule has 1 aliphatic rings. The molecule has 3 heterocycles. The Morgan fingerprint density at radius 2 is 2.17 bits per heavy atom. The van der Waals surface area contributed by atoms with Crippen LogP contribution in [0.15, 0.2) is 35.1 Å². The molecule has 0 unspecified atom stereocenters. The molecular formula is C21H23ClN6O2. The highest BCUT2D eigenvalue weighted by Gasteiger charge is 2.34. The van der Waals surface area contributed by atoms with Crippen LogP contribution in [-0.2, 0) is 11.2 Å². The molecule has 9 heteroatoms. The molecule has 1 saturated heterocycles. The number of hydrogen-bond donors (Lipinski definition) is 0. The molecule has 1 atom stereocenters. The maximum Gasteiger partial charge on any atom is 0.229 e. The number of carbonyl (C=O) groups is 1. The summed E-state index contributed by atoms with van der Waals surface area (Å²) >= 11 is 6.23. The lowest BCUT2D eigenvalue weighted by Gasteiger charge is -2.26. The lowest BCUT2D eigenvalue weighted by atomic mass is 9.99. The summed E-state index contributed by atoms with van der Waals surface area (Å²) in [6.07, 6.45) is 3.71. The Morgan fingerprint density at radius 1 is 1.33 bits per heavy atom. The van der Waals surface area contributed by atoms with Gasteiger partial charge in [0.2, 0.25) is 11.9 Å². The third-order valence-electron chi connectivity index (χ3n) is 5.30. The molecular weight excluding hydrogens is 404 g/mol. The Hall–Kier alpha value is -3.00. The SMILES string of the molecule is Cc1nonc1CC(=O)N1CCC[C@H]1c1nc(N(C)C)ncc1-c1cccc(Cl)c1. The van der Waals surface area contributed by atoms with E-state index in [1.54, 1.807) is 6.92 Å². The fourth-order valence-corrected chi connectivity index (χ4v) is 3.93. The average molecular weight is 427 g/mol. The van der Waals surface area contributed by atoms with Crippen LogP contribution in [0.1, 0.15) is 36.0 Å². The highest BCUT2D eigenvalue weighted by molar-refractivity contribution is 6.30. The van der Waals surface area contributed by atoms with Gasteiger partial charge in [0.1, 0.15) is 11.4 Å². The number of halogens is 1. The van der Waals surface area contributed by atoms with E-state index in [2.05, 4.69) is 15.3 Å². The van der Waals surface area contributed by atoms with Crippen molar-refractivity contribution >= 4 is 23.5 Å². The van der Waals surface area contributed by atoms with E-state index in [1.807, 2.05) is 54.4 Å². The Bertz CT molecular complexity index is 1070. The van der Waals surface area contributed by atoms with Crippen molar-refractivity contribution in [2.24, 2.45) is 0 Å². The maximum atomic E-state index is 13.1. The number of hydrogen-bond acceptors (Lipinski definition) is 7. The average Bonchev–Trinajstić information content (AvgIpc) is 3.37. The molecule has 0 N–H and O–H groups in total. The van der Waals surface area contributed by atoms with Gasteiger partial charge in [0, 0.05) is 37.4 Å². The Labute approximate surface area is 179 Å². The van der Waals surface area contributed by atoms with E-state index >= 15 is 0 Å². The molecule has 2 aromatic heterocycles. The minimum Gasteiger partial charge on any atom is -0.347 e. The standard InChI is InChI=1S/C21H23ClN6O2/c1-13-17(26-30-25-13)11-19(29)28-9-5-8-18(28)20-16(12-23-21(24-20)27(2)3)14-6-4-7-15(22)10-14/h4,6-7,10,12,18H,5,8-9,11H2,1-3H3/t18-/m0/s1. The Balaban J connectivity index is 1.72. The number of aromatic nitrogens is 4. The molecule has 8 nitrogen and oxygen atoms in total. The van der Waals surface area contributed by atoms with Gasteiger partial charge < -0.3 is 9.80 Å². The van der Waals surface area contributed by atoms with Crippen molar-refractivity contribution in [1.29, 1.82) is 0 Å². The molecule has 0 spiro atoms. The summed E-state index contributed by atoms with van der Waals surface area (Å²) < 4.78 is 4.74. The van der Waals surface area contributed by atoms with Crippen molar-refractivity contribution in [2.45, 2.75) is 32.2 Å². The second kappa shape index (κ2) is 8.39. The van der Waals surface area contributed by atoms with Crippen molar-refractivity contribution in [1.82, 2.24) is 25.2 Å². The first-order valence-electron chi connectivity index (χ1n) is 9.81. The van der Waals surface area contributed by atoms with Crippen LogP contribution in [0.4, 0.5) is 5.95 Å². The molecule has 30 heavy (non-hydrogen) atoms. The van der Waals surface area contributed by atoms with Gasteiger partial charge >= 0.3 is 0 Å². The normalized spacial score (nSPS) is 16.1. The summed E-state index contributed by atoms with van der Waals surface area (Å²) in [6.45, 7) is 2.45. The number of likely N-dealkylation sites (tertiary alicyclic amines) is 1. The van der Waals surface area contributed by atoms with Crippen molar-refractivity contribution < 1.29 is 9.42 Å². The molecule has 1 aromatic carbocycles. The zero-order valence-electron chi connectivity index (χ0n) is 17.2. The molecule has 1 amide bonds. The first-order chi connectivity index (χ1) is 14.4. The van der Waals surface area contributed by atoms with E-state index < -0.39 is 0 Å². The molecule has 0 radical (unpaired) electrons. The minimum absolute atomic E-state index is 0.0154. The monoisotopic (exact) mass is 426 g/mol. The van der Waals surface area contributed by atoms with Gasteiger partial charge in [0.05, 0.1) is 18.2 Å². The van der Waals surface area contributed by atoms with Crippen LogP contribution in [-0.4, -0.2) is 51.7 Å². The summed E-state index contributed by atoms with van der Waals surface area (Å²) in [4.78, 5) is 26.2. The molecule has 0 bridgehead atoms. The van der Waals surface area contributed by atoms with Crippen LogP contribution in [0.5, 0.6) is 0 Å². The topological polar surface area (TPSA) is 88.2 Å². The third-order valence-corrected chi connectivity index (χ3v) is 5.53. The maximum absolute atomic E-state index is 13.1. The molecule has 0 saturated carbocycles. The summed E-state index contributed by atoms with van der Waals surface area (Å²) in [5, 5.41) is 8.27. The largest absolute Gasteiger partial charge is 0.347 e. The second-order valence-corrected chi connectivity index (χ2v) is 8.03. The van der Waals surface area contributed by atoms with E-state index in [0.29, 0.717) is 28.9 Å². The number of rotatable bonds is 5. The van der Waals surface area contributed by atoms with Crippen LogP contribution in [0.2, 0.25) is 5.02 Å². The smallest absolute Gasteiger partial charge is 0.229 e. The third kappa shape index (κ3) is 4.00. The number of carbonyl (C=O) groups excluding carboxylic acids is 1. The highest BCUT2D eigenvalue weighted by Crippen LogP contribution is 2.38. The quantitative estimate of drug-likeness (QED) is 0.617. The van der Waals surface area contributed by atoms with Gasteiger partial charge in [0.15, 0.2) is 0 Å². The summed E-state index contributed by atoms with van der Waals surface area (Å²) in [5.74, 6) is 0.588. The van der Waals surface area contributed by atoms with E-state index in [4.69, 9.17) is 21.2 Å². The number of anilines is 1. The van der Waals surface area contributed by atoms with E-state index in [1.165, 1.54) is 0 Å². The minimum atomic E-state index is -0.145. The number of aryl methyl sites for hydroxylation is 1. The molecule has 1 fully saturated rings. The zero-order chi connectivity index (χ0) is 21.3. The lowest BCUT2D eigenvalue weighted by molar-refractivity contribution is -0.131. The molecule has 156 valence electrons. The van der Waals surface area contributed by atoms with Crippen LogP contribution in [0.3, 0.4) is 0 Å². The van der Waals surface area contributed by atoms with Crippen LogP contribution >= 0.6 is 11.6 Å². The van der Waals surface area contributed by atoms with E-state index in [9.17, 15) is 4.79 Å². The van der Waals surface area contributed by atoms with Gasteiger partial charge in [0.25, 0.3) is 0 Å². The fourth-order valence-electron chi connectivity index (χ4n) is 3.74. The van der Waals surface area contributed by atoms with Crippen molar-refractivity contribution in [2.75, 3.05) is 25.5 Å². The summed E-state index contributed by atoms with van der Waals surface area (Å²) in [5.41, 5.74) is 3.84. The number of amides is 1. The van der Waals surface area contributed by atoms with Gasteiger partial charge in [-0.05, 0) is 37.5 Å². The van der Waals surface area contributed by atoms with Gasteiger partial charge in [-0.25, -0.2) is 14.6 Å². The first-order valence-corrected chi connectivity index (χ1v) is 10.2. The van der Waals surface area contributed by atoms with Crippen LogP contribution in [0, 0.1) is 6.92 Å². The summed E-state index contributed by atoms with van der Waals surface area (Å²) in [7, 11) is 3.80. The predicted octanol–water partition coefficient (Wildman–Crippen LogP) is 3.46. The van der Waals surface area contributed by atoms with Gasteiger partial charge in [-0.2, -0.15) is 0 Å². The van der Waals surface area contributed by atoms with Gasteiger partial charge in [-0.3, -0.25) is 4.79 Å². The first kappa shape index (κ1) is 20.3. The fraction of sp³-hybridized carbons (Fsp3) is 0.381.